The zero-order chi connectivity index (χ0) is 12.8. The van der Waals surface area contributed by atoms with Crippen LogP contribution < -0.4 is 14.8 Å². The lowest BCUT2D eigenvalue weighted by Gasteiger charge is -2.10. The van der Waals surface area contributed by atoms with Crippen LogP contribution in [0, 0.1) is 0 Å². The van der Waals surface area contributed by atoms with E-state index < -0.39 is 0 Å². The minimum absolute atomic E-state index is 0.131. The molecule has 1 N–H and O–H groups in total. The highest BCUT2D eigenvalue weighted by atomic mass is 16.5. The highest BCUT2D eigenvalue weighted by molar-refractivity contribution is 6.03. The van der Waals surface area contributed by atoms with Gasteiger partial charge in [-0.15, -0.1) is 0 Å². The summed E-state index contributed by atoms with van der Waals surface area (Å²) in [5.74, 6) is 0.581. The number of rotatable bonds is 5. The van der Waals surface area contributed by atoms with Gasteiger partial charge in [0.1, 0.15) is 5.78 Å². The van der Waals surface area contributed by atoms with Crippen LogP contribution >= 0.6 is 0 Å². The van der Waals surface area contributed by atoms with Crippen LogP contribution in [0.15, 0.2) is 18.2 Å². The van der Waals surface area contributed by atoms with Crippen molar-refractivity contribution in [2.24, 2.45) is 0 Å². The second-order valence-electron chi connectivity index (χ2n) is 3.50. The van der Waals surface area contributed by atoms with E-state index in [1.807, 2.05) is 0 Å². The topological polar surface area (TPSA) is 64.6 Å². The number of ketones is 1. The van der Waals surface area contributed by atoms with Gasteiger partial charge in [0.25, 0.3) is 0 Å². The van der Waals surface area contributed by atoms with Crippen molar-refractivity contribution in [3.05, 3.63) is 18.2 Å². The van der Waals surface area contributed by atoms with Gasteiger partial charge in [0.15, 0.2) is 11.5 Å². The maximum absolute atomic E-state index is 11.4. The molecule has 0 bridgehead atoms. The number of hydrogen-bond donors (Lipinski definition) is 1. The Labute approximate surface area is 99.7 Å². The molecule has 0 fully saturated rings. The zero-order valence-electron chi connectivity index (χ0n) is 10.1. The summed E-state index contributed by atoms with van der Waals surface area (Å²) in [5, 5.41) is 2.60. The summed E-state index contributed by atoms with van der Waals surface area (Å²) >= 11 is 0. The number of hydrogen-bond acceptors (Lipinski definition) is 4. The van der Waals surface area contributed by atoms with E-state index in [-0.39, 0.29) is 18.1 Å². The molecule has 0 atom stereocenters. The van der Waals surface area contributed by atoms with Gasteiger partial charge >= 0.3 is 0 Å². The van der Waals surface area contributed by atoms with Gasteiger partial charge < -0.3 is 14.8 Å². The first kappa shape index (κ1) is 13.0. The zero-order valence-corrected chi connectivity index (χ0v) is 10.1. The lowest BCUT2D eigenvalue weighted by Crippen LogP contribution is -2.14. The summed E-state index contributed by atoms with van der Waals surface area (Å²) in [6.07, 6.45) is -0.131. The van der Waals surface area contributed by atoms with Gasteiger partial charge in [-0.2, -0.15) is 0 Å². The molecule has 0 aliphatic carbocycles. The van der Waals surface area contributed by atoms with Crippen LogP contribution in [0.2, 0.25) is 0 Å². The van der Waals surface area contributed by atoms with E-state index in [1.54, 1.807) is 18.2 Å². The van der Waals surface area contributed by atoms with Gasteiger partial charge in [-0.05, 0) is 19.1 Å². The van der Waals surface area contributed by atoms with Crippen molar-refractivity contribution in [2.45, 2.75) is 13.3 Å². The third kappa shape index (κ3) is 3.79. The molecule has 1 amide bonds. The molecule has 0 aliphatic rings. The largest absolute Gasteiger partial charge is 0.493 e. The van der Waals surface area contributed by atoms with Gasteiger partial charge in [-0.3, -0.25) is 9.59 Å². The number of benzene rings is 1. The van der Waals surface area contributed by atoms with Crippen LogP contribution in [-0.2, 0) is 9.59 Å². The molecule has 17 heavy (non-hydrogen) atoms. The number of Topliss-reactive ketones (excluding diaryl/α,β-unsaturated/α-hetero) is 1. The molecule has 5 heteroatoms. The average molecular weight is 237 g/mol. The second-order valence-corrected chi connectivity index (χ2v) is 3.50. The summed E-state index contributed by atoms with van der Waals surface area (Å²) in [6, 6.07) is 5.00. The van der Waals surface area contributed by atoms with Gasteiger partial charge in [-0.1, -0.05) is 0 Å². The Hall–Kier alpha value is -2.04. The molecule has 0 saturated heterocycles. The van der Waals surface area contributed by atoms with E-state index in [4.69, 9.17) is 9.47 Å². The van der Waals surface area contributed by atoms with Crippen LogP contribution in [0.25, 0.3) is 0 Å². The van der Waals surface area contributed by atoms with E-state index in [0.717, 1.165) is 0 Å². The third-order valence-corrected chi connectivity index (χ3v) is 2.08. The first-order chi connectivity index (χ1) is 8.06. The SMILES string of the molecule is COc1ccc(NC(=O)CC(C)=O)cc1OC. The molecule has 1 rings (SSSR count). The standard InChI is InChI=1S/C12H15NO4/c1-8(14)6-12(15)13-9-4-5-10(16-2)11(7-9)17-3/h4-5,7H,6H2,1-3H3,(H,13,15). The second kappa shape index (κ2) is 5.89. The molecule has 5 nitrogen and oxygen atoms in total. The summed E-state index contributed by atoms with van der Waals surface area (Å²) < 4.78 is 10.2. The van der Waals surface area contributed by atoms with Crippen molar-refractivity contribution in [1.29, 1.82) is 0 Å². The maximum Gasteiger partial charge on any atom is 0.231 e. The lowest BCUT2D eigenvalue weighted by molar-refractivity contribution is -0.124. The van der Waals surface area contributed by atoms with E-state index in [0.29, 0.717) is 17.2 Å². The molecule has 0 heterocycles. The van der Waals surface area contributed by atoms with Crippen LogP contribution in [0.3, 0.4) is 0 Å². The Morgan fingerprint density at radius 1 is 1.18 bits per heavy atom. The van der Waals surface area contributed by atoms with Crippen molar-refractivity contribution < 1.29 is 19.1 Å². The Balaban J connectivity index is 2.79. The average Bonchev–Trinajstić information content (AvgIpc) is 2.27. The summed E-state index contributed by atoms with van der Waals surface area (Å²) in [7, 11) is 3.05. The number of ether oxygens (including phenoxy) is 2. The highest BCUT2D eigenvalue weighted by Crippen LogP contribution is 2.29. The maximum atomic E-state index is 11.4. The Morgan fingerprint density at radius 3 is 2.35 bits per heavy atom. The fraction of sp³-hybridized carbons (Fsp3) is 0.333. The minimum atomic E-state index is -0.343. The molecule has 0 radical (unpaired) electrons. The first-order valence-electron chi connectivity index (χ1n) is 5.08. The van der Waals surface area contributed by atoms with E-state index >= 15 is 0 Å². The highest BCUT2D eigenvalue weighted by Gasteiger charge is 2.08. The number of carbonyl (C=O) groups excluding carboxylic acids is 2. The molecule has 0 aromatic heterocycles. The molecule has 0 spiro atoms. The minimum Gasteiger partial charge on any atom is -0.493 e. The quantitative estimate of drug-likeness (QED) is 0.790. The molecule has 1 aromatic carbocycles. The number of carbonyl (C=O) groups is 2. The van der Waals surface area contributed by atoms with Crippen molar-refractivity contribution >= 4 is 17.4 Å². The third-order valence-electron chi connectivity index (χ3n) is 2.08. The normalized spacial score (nSPS) is 9.59. The number of anilines is 1. The molecular formula is C12H15NO4. The molecule has 92 valence electrons. The van der Waals surface area contributed by atoms with Gasteiger partial charge in [0, 0.05) is 11.8 Å². The summed E-state index contributed by atoms with van der Waals surface area (Å²) in [6.45, 7) is 1.37. The Morgan fingerprint density at radius 2 is 1.82 bits per heavy atom. The van der Waals surface area contributed by atoms with Crippen LogP contribution in [0.1, 0.15) is 13.3 Å². The van der Waals surface area contributed by atoms with Crippen molar-refractivity contribution in [3.8, 4) is 11.5 Å². The summed E-state index contributed by atoms with van der Waals surface area (Å²) in [4.78, 5) is 22.1. The fourth-order valence-electron chi connectivity index (χ4n) is 1.35. The molecule has 0 saturated carbocycles. The molecule has 1 aromatic rings. The van der Waals surface area contributed by atoms with Gasteiger partial charge in [0.05, 0.1) is 20.6 Å². The van der Waals surface area contributed by atoms with E-state index in [1.165, 1.54) is 21.1 Å². The van der Waals surface area contributed by atoms with Gasteiger partial charge in [-0.25, -0.2) is 0 Å². The lowest BCUT2D eigenvalue weighted by atomic mass is 10.2. The summed E-state index contributed by atoms with van der Waals surface area (Å²) in [5.41, 5.74) is 0.564. The fourth-order valence-corrected chi connectivity index (χ4v) is 1.35. The predicted octanol–water partition coefficient (Wildman–Crippen LogP) is 1.62. The first-order valence-corrected chi connectivity index (χ1v) is 5.08. The molecule has 0 unspecified atom stereocenters. The Kier molecular flexibility index (Phi) is 4.51. The van der Waals surface area contributed by atoms with Crippen molar-refractivity contribution in [2.75, 3.05) is 19.5 Å². The predicted molar refractivity (Wildman–Crippen MR) is 63.5 cm³/mol. The van der Waals surface area contributed by atoms with E-state index in [9.17, 15) is 9.59 Å². The van der Waals surface area contributed by atoms with Crippen LogP contribution in [0.5, 0.6) is 11.5 Å². The van der Waals surface area contributed by atoms with Crippen LogP contribution in [-0.4, -0.2) is 25.9 Å². The number of methoxy groups -OCH3 is 2. The van der Waals surface area contributed by atoms with E-state index in [2.05, 4.69) is 5.32 Å². The van der Waals surface area contributed by atoms with Crippen molar-refractivity contribution in [3.63, 3.8) is 0 Å². The Bertz CT molecular complexity index is 429. The molecular weight excluding hydrogens is 222 g/mol. The number of nitrogens with one attached hydrogen (secondary N) is 1. The monoisotopic (exact) mass is 237 g/mol. The number of amides is 1. The van der Waals surface area contributed by atoms with Crippen molar-refractivity contribution in [1.82, 2.24) is 0 Å². The smallest absolute Gasteiger partial charge is 0.231 e. The van der Waals surface area contributed by atoms with Gasteiger partial charge in [0.2, 0.25) is 5.91 Å². The molecule has 0 aliphatic heterocycles. The van der Waals surface area contributed by atoms with Crippen LogP contribution in [0.4, 0.5) is 5.69 Å².